The fourth-order valence-electron chi connectivity index (χ4n) is 3.07. The van der Waals surface area contributed by atoms with Gasteiger partial charge in [-0.1, -0.05) is 0 Å². The van der Waals surface area contributed by atoms with Crippen LogP contribution in [0, 0.1) is 0 Å². The van der Waals surface area contributed by atoms with Gasteiger partial charge in [0.2, 0.25) is 6.33 Å². The van der Waals surface area contributed by atoms with Gasteiger partial charge in [-0.25, -0.2) is 9.13 Å². The maximum Gasteiger partial charge on any atom is 0.320 e. The first-order valence-corrected chi connectivity index (χ1v) is 10.2. The molecule has 0 aliphatic rings. The molecule has 30 heavy (non-hydrogen) atoms. The zero-order valence-electron chi connectivity index (χ0n) is 17.1. The van der Waals surface area contributed by atoms with E-state index in [0.717, 1.165) is 12.1 Å². The van der Waals surface area contributed by atoms with Crippen LogP contribution in [0.5, 0.6) is 0 Å². The van der Waals surface area contributed by atoms with Gasteiger partial charge in [0.05, 0.1) is 25.8 Å². The van der Waals surface area contributed by atoms with Crippen LogP contribution < -0.4 is 16.0 Å². The summed E-state index contributed by atoms with van der Waals surface area (Å²) in [4.78, 5) is 21.6. The molecule has 0 bridgehead atoms. The maximum atomic E-state index is 10.8. The van der Waals surface area contributed by atoms with E-state index < -0.39 is 42.8 Å². The number of hydrogen-bond acceptors (Lipinski definition) is 7. The molecule has 0 fully saturated rings. The highest BCUT2D eigenvalue weighted by atomic mass is 16.4. The van der Waals surface area contributed by atoms with Crippen LogP contribution in [0.15, 0.2) is 12.5 Å². The molecule has 11 nitrogen and oxygen atoms in total. The number of aliphatic hydroxyl groups is 3. The van der Waals surface area contributed by atoms with Gasteiger partial charge in [0.15, 0.2) is 0 Å². The standard InChI is InChI=1S/C19H34N4O7/c20-14(18(27)28)5-1-3-7-22-10-13(9-16(25)17(26)11-24)23(12-22)8-4-2-6-15(21)19(29)30/h10,12,14-17,24-26H,1-9,11,20-21H2,(H-,27,28,29,30)/p+1. The highest BCUT2D eigenvalue weighted by molar-refractivity contribution is 5.73. The maximum absolute atomic E-state index is 10.8. The largest absolute Gasteiger partial charge is 0.480 e. The number of aliphatic carboxylic acids is 2. The van der Waals surface area contributed by atoms with Crippen molar-refractivity contribution in [1.82, 2.24) is 4.57 Å². The SMILES string of the molecule is NC(CCCCn1c[n+](CCCCC(N)C(=O)O)cc1CC(O)C(O)CO)C(=O)O. The molecule has 11 heteroatoms. The topological polar surface area (TPSA) is 196 Å². The van der Waals surface area contributed by atoms with Gasteiger partial charge in [0.1, 0.15) is 30.1 Å². The molecule has 172 valence electrons. The van der Waals surface area contributed by atoms with E-state index in [9.17, 15) is 19.8 Å². The first-order chi connectivity index (χ1) is 14.1. The number of hydrogen-bond donors (Lipinski definition) is 7. The molecule has 0 saturated carbocycles. The summed E-state index contributed by atoms with van der Waals surface area (Å²) < 4.78 is 3.84. The van der Waals surface area contributed by atoms with Crippen LogP contribution >= 0.6 is 0 Å². The molecule has 1 aromatic heterocycles. The number of aryl methyl sites for hydroxylation is 2. The van der Waals surface area contributed by atoms with Crippen molar-refractivity contribution in [2.24, 2.45) is 11.5 Å². The number of carbonyl (C=O) groups is 2. The summed E-state index contributed by atoms with van der Waals surface area (Å²) in [6.45, 7) is 0.675. The molecular weight excluding hydrogens is 396 g/mol. The highest BCUT2D eigenvalue weighted by Crippen LogP contribution is 2.10. The van der Waals surface area contributed by atoms with Crippen molar-refractivity contribution in [1.29, 1.82) is 0 Å². The fraction of sp³-hybridized carbons (Fsp3) is 0.737. The van der Waals surface area contributed by atoms with Crippen molar-refractivity contribution >= 4 is 11.9 Å². The number of imidazole rings is 1. The second kappa shape index (κ2) is 13.3. The molecule has 4 unspecified atom stereocenters. The third kappa shape index (κ3) is 9.18. The van der Waals surface area contributed by atoms with Crippen molar-refractivity contribution < 1.29 is 39.7 Å². The van der Waals surface area contributed by atoms with Gasteiger partial charge >= 0.3 is 11.9 Å². The predicted octanol–water partition coefficient (Wildman–Crippen LogP) is -1.80. The van der Waals surface area contributed by atoms with Crippen molar-refractivity contribution in [3.8, 4) is 0 Å². The second-order valence-electron chi connectivity index (χ2n) is 7.57. The van der Waals surface area contributed by atoms with Gasteiger partial charge in [-0.2, -0.15) is 0 Å². The normalized spacial score (nSPS) is 15.5. The number of nitrogens with two attached hydrogens (primary N) is 2. The minimum atomic E-state index is -1.24. The smallest absolute Gasteiger partial charge is 0.320 e. The minimum absolute atomic E-state index is 0.146. The highest BCUT2D eigenvalue weighted by Gasteiger charge is 2.22. The molecule has 0 aromatic carbocycles. The number of carboxylic acid groups (broad SMARTS) is 2. The van der Waals surface area contributed by atoms with E-state index in [0.29, 0.717) is 45.2 Å². The Morgan fingerprint density at radius 2 is 1.53 bits per heavy atom. The van der Waals surface area contributed by atoms with Gasteiger partial charge in [-0.05, 0) is 38.5 Å². The first kappa shape index (κ1) is 26.0. The van der Waals surface area contributed by atoms with Crippen LogP contribution in [0.3, 0.4) is 0 Å². The van der Waals surface area contributed by atoms with E-state index in [1.807, 2.05) is 21.7 Å². The number of aliphatic hydroxyl groups excluding tert-OH is 3. The number of rotatable bonds is 16. The summed E-state index contributed by atoms with van der Waals surface area (Å²) in [6, 6.07) is -1.76. The van der Waals surface area contributed by atoms with Crippen LogP contribution in [-0.4, -0.2) is 72.9 Å². The molecule has 0 radical (unpaired) electrons. The van der Waals surface area contributed by atoms with Crippen molar-refractivity contribution in [2.45, 2.75) is 82.3 Å². The van der Waals surface area contributed by atoms with Crippen molar-refractivity contribution in [3.05, 3.63) is 18.2 Å². The first-order valence-electron chi connectivity index (χ1n) is 10.2. The Balaban J connectivity index is 2.67. The molecule has 9 N–H and O–H groups in total. The van der Waals surface area contributed by atoms with E-state index in [1.165, 1.54) is 0 Å². The van der Waals surface area contributed by atoms with Gasteiger partial charge < -0.3 is 37.0 Å². The Hall–Kier alpha value is -2.05. The molecule has 0 spiro atoms. The zero-order valence-corrected chi connectivity index (χ0v) is 17.1. The third-order valence-corrected chi connectivity index (χ3v) is 5.00. The van der Waals surface area contributed by atoms with Crippen LogP contribution in [0.4, 0.5) is 0 Å². The number of aromatic nitrogens is 2. The monoisotopic (exact) mass is 431 g/mol. The lowest BCUT2D eigenvalue weighted by Crippen LogP contribution is -2.33. The number of carboxylic acids is 2. The summed E-state index contributed by atoms with van der Waals surface area (Å²) in [5.74, 6) is -2.05. The Morgan fingerprint density at radius 3 is 2.07 bits per heavy atom. The average Bonchev–Trinajstić information content (AvgIpc) is 3.08. The van der Waals surface area contributed by atoms with Gasteiger partial charge in [0, 0.05) is 6.42 Å². The summed E-state index contributed by atoms with van der Waals surface area (Å²) >= 11 is 0. The van der Waals surface area contributed by atoms with E-state index in [2.05, 4.69) is 0 Å². The van der Waals surface area contributed by atoms with Gasteiger partial charge in [-0.15, -0.1) is 0 Å². The molecule has 0 saturated heterocycles. The van der Waals surface area contributed by atoms with Crippen LogP contribution in [0.2, 0.25) is 0 Å². The van der Waals surface area contributed by atoms with Gasteiger partial charge in [0.25, 0.3) is 0 Å². The number of nitrogens with zero attached hydrogens (tertiary/aromatic N) is 2. The molecule has 0 amide bonds. The van der Waals surface area contributed by atoms with E-state index in [1.54, 1.807) is 0 Å². The molecule has 4 atom stereocenters. The van der Waals surface area contributed by atoms with Crippen LogP contribution in [0.25, 0.3) is 0 Å². The third-order valence-electron chi connectivity index (χ3n) is 5.00. The van der Waals surface area contributed by atoms with Crippen molar-refractivity contribution in [2.75, 3.05) is 6.61 Å². The fourth-order valence-corrected chi connectivity index (χ4v) is 3.07. The Morgan fingerprint density at radius 1 is 0.967 bits per heavy atom. The second-order valence-corrected chi connectivity index (χ2v) is 7.57. The van der Waals surface area contributed by atoms with E-state index >= 15 is 0 Å². The lowest BCUT2D eigenvalue weighted by Gasteiger charge is -2.14. The lowest BCUT2D eigenvalue weighted by atomic mass is 10.1. The summed E-state index contributed by atoms with van der Waals surface area (Å²) in [5, 5.41) is 46.4. The lowest BCUT2D eigenvalue weighted by molar-refractivity contribution is -0.697. The summed E-state index contributed by atoms with van der Waals surface area (Å²) in [5.41, 5.74) is 11.8. The molecule has 1 heterocycles. The van der Waals surface area contributed by atoms with Crippen molar-refractivity contribution in [3.63, 3.8) is 0 Å². The van der Waals surface area contributed by atoms with E-state index in [4.69, 9.17) is 26.8 Å². The molecule has 1 aromatic rings. The minimum Gasteiger partial charge on any atom is -0.480 e. The zero-order chi connectivity index (χ0) is 22.7. The summed E-state index contributed by atoms with van der Waals surface area (Å²) in [7, 11) is 0. The van der Waals surface area contributed by atoms with E-state index in [-0.39, 0.29) is 6.42 Å². The molecule has 0 aliphatic carbocycles. The molecule has 0 aliphatic heterocycles. The predicted molar refractivity (Wildman–Crippen MR) is 106 cm³/mol. The average molecular weight is 432 g/mol. The number of unbranched alkanes of at least 4 members (excludes halogenated alkanes) is 2. The Kier molecular flexibility index (Phi) is 11.5. The Labute approximate surface area is 175 Å². The Bertz CT molecular complexity index is 667. The van der Waals surface area contributed by atoms with Gasteiger partial charge in [-0.3, -0.25) is 9.59 Å². The molecular formula is C19H35N4O7+. The van der Waals surface area contributed by atoms with Crippen LogP contribution in [-0.2, 0) is 29.1 Å². The van der Waals surface area contributed by atoms with Crippen LogP contribution in [0.1, 0.15) is 44.2 Å². The quantitative estimate of drug-likeness (QED) is 0.117. The molecule has 1 rings (SSSR count). The summed E-state index contributed by atoms with van der Waals surface area (Å²) in [6.07, 6.45) is 4.93.